The molecule has 1 aliphatic rings. The molecule has 4 aromatic rings. The zero-order valence-corrected chi connectivity index (χ0v) is 17.3. The lowest BCUT2D eigenvalue weighted by atomic mass is 10.1. The van der Waals surface area contributed by atoms with Crippen molar-refractivity contribution >= 4 is 27.6 Å². The van der Waals surface area contributed by atoms with Crippen molar-refractivity contribution in [2.45, 2.75) is 44.8 Å². The van der Waals surface area contributed by atoms with E-state index in [-0.39, 0.29) is 5.82 Å². The summed E-state index contributed by atoms with van der Waals surface area (Å²) in [7, 11) is 1.99. The summed E-state index contributed by atoms with van der Waals surface area (Å²) in [5, 5.41) is 14.0. The van der Waals surface area contributed by atoms with Gasteiger partial charge in [0.1, 0.15) is 11.6 Å². The predicted octanol–water partition coefficient (Wildman–Crippen LogP) is 4.69. The molecule has 2 N–H and O–H groups in total. The lowest BCUT2D eigenvalue weighted by molar-refractivity contribution is 0.513. The van der Waals surface area contributed by atoms with E-state index in [2.05, 4.69) is 38.9 Å². The zero-order valence-electron chi connectivity index (χ0n) is 17.3. The van der Waals surface area contributed by atoms with Crippen LogP contribution in [0.3, 0.4) is 0 Å². The number of fused-ring (bicyclic) bond motifs is 2. The minimum absolute atomic E-state index is 0.224. The van der Waals surface area contributed by atoms with Crippen LogP contribution in [0, 0.1) is 12.7 Å². The SMILES string of the molecule is Cc1cc(NC2CCC(NCc3nn(C)c4ccccc34)C2)nc2ccc(F)cc12. The van der Waals surface area contributed by atoms with Crippen molar-refractivity contribution in [2.24, 2.45) is 7.05 Å². The minimum atomic E-state index is -0.224. The van der Waals surface area contributed by atoms with Gasteiger partial charge in [-0.05, 0) is 62.1 Å². The van der Waals surface area contributed by atoms with Crippen LogP contribution >= 0.6 is 0 Å². The number of rotatable bonds is 5. The number of nitrogens with zero attached hydrogens (tertiary/aromatic N) is 3. The van der Waals surface area contributed by atoms with Crippen LogP contribution < -0.4 is 10.6 Å². The third-order valence-electron chi connectivity index (χ3n) is 6.15. The van der Waals surface area contributed by atoms with Crippen LogP contribution in [0.4, 0.5) is 10.2 Å². The maximum atomic E-state index is 13.5. The van der Waals surface area contributed by atoms with E-state index in [9.17, 15) is 4.39 Å². The van der Waals surface area contributed by atoms with Gasteiger partial charge in [-0.25, -0.2) is 9.37 Å². The van der Waals surface area contributed by atoms with Gasteiger partial charge in [-0.15, -0.1) is 0 Å². The van der Waals surface area contributed by atoms with E-state index in [0.29, 0.717) is 12.1 Å². The lowest BCUT2D eigenvalue weighted by Gasteiger charge is -2.16. The van der Waals surface area contributed by atoms with E-state index in [1.165, 1.54) is 11.5 Å². The average Bonchev–Trinajstić information content (AvgIpc) is 3.31. The fraction of sp³-hybridized carbons (Fsp3) is 0.333. The first-order valence-electron chi connectivity index (χ1n) is 10.5. The summed E-state index contributed by atoms with van der Waals surface area (Å²) in [4.78, 5) is 4.69. The number of benzene rings is 2. The van der Waals surface area contributed by atoms with Crippen molar-refractivity contribution in [2.75, 3.05) is 5.32 Å². The maximum Gasteiger partial charge on any atom is 0.127 e. The smallest absolute Gasteiger partial charge is 0.127 e. The van der Waals surface area contributed by atoms with Crippen LogP contribution in [0.2, 0.25) is 0 Å². The molecule has 154 valence electrons. The van der Waals surface area contributed by atoms with Crippen LogP contribution in [-0.2, 0) is 13.6 Å². The molecule has 0 saturated heterocycles. The van der Waals surface area contributed by atoms with Crippen molar-refractivity contribution < 1.29 is 4.39 Å². The maximum absolute atomic E-state index is 13.5. The van der Waals surface area contributed by atoms with Crippen molar-refractivity contribution in [3.8, 4) is 0 Å². The molecule has 0 aliphatic heterocycles. The third kappa shape index (κ3) is 3.63. The van der Waals surface area contributed by atoms with Crippen LogP contribution in [0.1, 0.15) is 30.5 Å². The fourth-order valence-corrected chi connectivity index (χ4v) is 4.61. The largest absolute Gasteiger partial charge is 0.367 e. The Hall–Kier alpha value is -2.99. The van der Waals surface area contributed by atoms with Gasteiger partial charge in [0.05, 0.1) is 16.7 Å². The third-order valence-corrected chi connectivity index (χ3v) is 6.15. The van der Waals surface area contributed by atoms with Crippen LogP contribution in [0.25, 0.3) is 21.8 Å². The van der Waals surface area contributed by atoms with Crippen LogP contribution in [0.15, 0.2) is 48.5 Å². The Bertz CT molecular complexity index is 1220. The standard InChI is InChI=1S/C24H26FN5/c1-15-11-24(28-21-10-7-16(25)12-20(15)21)27-18-9-8-17(13-18)26-14-22-19-5-3-4-6-23(19)30(2)29-22/h3-7,10-12,17-18,26H,8-9,13-14H2,1-2H3,(H,27,28). The molecular weight excluding hydrogens is 377 g/mol. The number of nitrogens with one attached hydrogen (secondary N) is 2. The van der Waals surface area contributed by atoms with E-state index < -0.39 is 0 Å². The number of pyridine rings is 1. The first-order chi connectivity index (χ1) is 14.6. The highest BCUT2D eigenvalue weighted by molar-refractivity contribution is 5.84. The highest BCUT2D eigenvalue weighted by atomic mass is 19.1. The van der Waals surface area contributed by atoms with Crippen molar-refractivity contribution in [3.05, 3.63) is 65.6 Å². The lowest BCUT2D eigenvalue weighted by Crippen LogP contribution is -2.28. The van der Waals surface area contributed by atoms with Gasteiger partial charge in [0, 0.05) is 36.4 Å². The molecule has 0 spiro atoms. The molecule has 0 radical (unpaired) electrons. The summed E-state index contributed by atoms with van der Waals surface area (Å²) >= 11 is 0. The fourth-order valence-electron chi connectivity index (χ4n) is 4.61. The molecule has 5 rings (SSSR count). The number of anilines is 1. The summed E-state index contributed by atoms with van der Waals surface area (Å²) in [6.45, 7) is 2.78. The molecular formula is C24H26FN5. The summed E-state index contributed by atoms with van der Waals surface area (Å²) in [6.07, 6.45) is 3.27. The summed E-state index contributed by atoms with van der Waals surface area (Å²) < 4.78 is 15.5. The molecule has 5 nitrogen and oxygen atoms in total. The van der Waals surface area contributed by atoms with Gasteiger partial charge in [-0.2, -0.15) is 5.10 Å². The summed E-state index contributed by atoms with van der Waals surface area (Å²) in [5.74, 6) is 0.645. The van der Waals surface area contributed by atoms with Crippen LogP contribution in [0.5, 0.6) is 0 Å². The molecule has 0 amide bonds. The second-order valence-corrected chi connectivity index (χ2v) is 8.31. The van der Waals surface area contributed by atoms with Gasteiger partial charge in [-0.3, -0.25) is 4.68 Å². The molecule has 2 unspecified atom stereocenters. The number of hydrogen-bond donors (Lipinski definition) is 2. The second-order valence-electron chi connectivity index (χ2n) is 8.31. The quantitative estimate of drug-likeness (QED) is 0.508. The highest BCUT2D eigenvalue weighted by Gasteiger charge is 2.25. The second kappa shape index (κ2) is 7.69. The number of aromatic nitrogens is 3. The molecule has 2 aromatic carbocycles. The molecule has 1 fully saturated rings. The molecule has 2 aromatic heterocycles. The molecule has 30 heavy (non-hydrogen) atoms. The Labute approximate surface area is 175 Å². The average molecular weight is 404 g/mol. The first kappa shape index (κ1) is 19.0. The highest BCUT2D eigenvalue weighted by Crippen LogP contribution is 2.26. The van der Waals surface area contributed by atoms with Gasteiger partial charge >= 0.3 is 0 Å². The van der Waals surface area contributed by atoms with Crippen LogP contribution in [-0.4, -0.2) is 26.8 Å². The topological polar surface area (TPSA) is 54.8 Å². The van der Waals surface area contributed by atoms with E-state index >= 15 is 0 Å². The van der Waals surface area contributed by atoms with Gasteiger partial charge in [0.15, 0.2) is 0 Å². The Morgan fingerprint density at radius 2 is 1.90 bits per heavy atom. The number of para-hydroxylation sites is 1. The Morgan fingerprint density at radius 3 is 2.80 bits per heavy atom. The number of hydrogen-bond acceptors (Lipinski definition) is 4. The van der Waals surface area contributed by atoms with Gasteiger partial charge in [0.25, 0.3) is 0 Å². The Kier molecular flexibility index (Phi) is 4.87. The van der Waals surface area contributed by atoms with E-state index in [4.69, 9.17) is 0 Å². The molecule has 1 aliphatic carbocycles. The van der Waals surface area contributed by atoms with Gasteiger partial charge in [-0.1, -0.05) is 18.2 Å². The molecule has 1 saturated carbocycles. The zero-order chi connectivity index (χ0) is 20.7. The summed E-state index contributed by atoms with van der Waals surface area (Å²) in [6, 6.07) is 16.0. The molecule has 2 atom stereocenters. The molecule has 6 heteroatoms. The van der Waals surface area contributed by atoms with E-state index in [0.717, 1.165) is 59.3 Å². The monoisotopic (exact) mass is 403 g/mol. The van der Waals surface area contributed by atoms with Crippen molar-refractivity contribution in [3.63, 3.8) is 0 Å². The molecule has 0 bridgehead atoms. The van der Waals surface area contributed by atoms with E-state index in [1.54, 1.807) is 12.1 Å². The summed E-state index contributed by atoms with van der Waals surface area (Å²) in [5.41, 5.74) is 4.13. The Morgan fingerprint density at radius 1 is 1.07 bits per heavy atom. The molecule has 2 heterocycles. The van der Waals surface area contributed by atoms with E-state index in [1.807, 2.05) is 30.8 Å². The van der Waals surface area contributed by atoms with Crippen molar-refractivity contribution in [1.29, 1.82) is 0 Å². The number of aryl methyl sites for hydroxylation is 2. The van der Waals surface area contributed by atoms with Gasteiger partial charge < -0.3 is 10.6 Å². The minimum Gasteiger partial charge on any atom is -0.367 e. The number of halogens is 1. The predicted molar refractivity (Wildman–Crippen MR) is 119 cm³/mol. The van der Waals surface area contributed by atoms with Crippen molar-refractivity contribution in [1.82, 2.24) is 20.1 Å². The van der Waals surface area contributed by atoms with Gasteiger partial charge in [0.2, 0.25) is 0 Å². The first-order valence-corrected chi connectivity index (χ1v) is 10.5. The normalized spacial score (nSPS) is 19.0. The Balaban J connectivity index is 1.23.